The number of hydrogen-bond acceptors (Lipinski definition) is 4. The number of urea groups is 1. The van der Waals surface area contributed by atoms with E-state index in [9.17, 15) is 22.8 Å². The molecule has 0 saturated carbocycles. The van der Waals surface area contributed by atoms with Crippen LogP contribution in [0.15, 0.2) is 24.3 Å². The maximum Gasteiger partial charge on any atom is 0.395 e. The summed E-state index contributed by atoms with van der Waals surface area (Å²) in [5.41, 5.74) is 1.91. The van der Waals surface area contributed by atoms with Gasteiger partial charge in [-0.15, -0.1) is 0 Å². The number of amides is 2. The normalized spacial score (nSPS) is 27.6. The molecule has 1 aromatic carbocycles. The molecule has 4 aliphatic heterocycles. The van der Waals surface area contributed by atoms with Crippen molar-refractivity contribution in [3.63, 3.8) is 0 Å². The van der Waals surface area contributed by atoms with Gasteiger partial charge in [-0.25, -0.2) is 4.79 Å². The van der Waals surface area contributed by atoms with Gasteiger partial charge in [-0.1, -0.05) is 12.1 Å². The molecule has 0 bridgehead atoms. The highest BCUT2D eigenvalue weighted by Crippen LogP contribution is 2.37. The number of fused-ring (bicyclic) bond motifs is 1. The second-order valence-electron chi connectivity index (χ2n) is 9.21. The van der Waals surface area contributed by atoms with Crippen LogP contribution in [0, 0.1) is 11.8 Å². The van der Waals surface area contributed by atoms with Crippen molar-refractivity contribution in [2.24, 2.45) is 11.8 Å². The molecule has 4 heterocycles. The maximum absolute atomic E-state index is 12.8. The molecule has 0 aromatic heterocycles. The Morgan fingerprint density at radius 1 is 1.00 bits per heavy atom. The Labute approximate surface area is 178 Å². The number of anilines is 1. The molecule has 0 N–H and O–H groups in total. The zero-order valence-corrected chi connectivity index (χ0v) is 17.2. The molecule has 9 heteroatoms. The van der Waals surface area contributed by atoms with Crippen molar-refractivity contribution in [1.29, 1.82) is 0 Å². The molecule has 31 heavy (non-hydrogen) atoms. The monoisotopic (exact) mass is 437 g/mol. The average molecular weight is 437 g/mol. The fraction of sp³-hybridized carbons (Fsp3) is 0.636. The molecule has 6 nitrogen and oxygen atoms in total. The van der Waals surface area contributed by atoms with Crippen LogP contribution in [0.5, 0.6) is 0 Å². The molecule has 0 aliphatic carbocycles. The third kappa shape index (κ3) is 4.00. The molecule has 0 radical (unpaired) electrons. The van der Waals surface area contributed by atoms with Gasteiger partial charge in [-0.2, -0.15) is 13.2 Å². The number of alkyl halides is 3. The van der Waals surface area contributed by atoms with Gasteiger partial charge in [0.1, 0.15) is 6.61 Å². The number of hydrogen-bond donors (Lipinski definition) is 0. The number of halogens is 3. The Bertz CT molecular complexity index is 848. The minimum absolute atomic E-state index is 0.0167. The van der Waals surface area contributed by atoms with Crippen LogP contribution in [0.2, 0.25) is 0 Å². The number of ketones is 1. The van der Waals surface area contributed by atoms with E-state index in [0.29, 0.717) is 32.6 Å². The predicted molar refractivity (Wildman–Crippen MR) is 107 cm³/mol. The second-order valence-corrected chi connectivity index (χ2v) is 9.21. The lowest BCUT2D eigenvalue weighted by Gasteiger charge is -2.46. The number of nitrogens with zero attached hydrogens (tertiary/aromatic N) is 3. The lowest BCUT2D eigenvalue weighted by molar-refractivity contribution is -0.180. The third-order valence-electron chi connectivity index (χ3n) is 7.11. The summed E-state index contributed by atoms with van der Waals surface area (Å²) < 4.78 is 43.6. The Kier molecular flexibility index (Phi) is 5.11. The molecule has 4 fully saturated rings. The molecule has 5 rings (SSSR count). The number of Topliss-reactive ketones (excluding diaryl/α,β-unsaturated/α-hetero) is 1. The highest BCUT2D eigenvalue weighted by Gasteiger charge is 2.47. The molecule has 4 aliphatic rings. The van der Waals surface area contributed by atoms with Crippen LogP contribution in [-0.4, -0.2) is 79.8 Å². The topological polar surface area (TPSA) is 53.1 Å². The molecule has 168 valence electrons. The Morgan fingerprint density at radius 2 is 1.71 bits per heavy atom. The highest BCUT2D eigenvalue weighted by molar-refractivity contribution is 5.81. The Morgan fingerprint density at radius 3 is 2.39 bits per heavy atom. The molecule has 2 atom stereocenters. The first-order valence-electron chi connectivity index (χ1n) is 10.9. The smallest absolute Gasteiger partial charge is 0.370 e. The standard InChI is InChI=1S/C22H26F3N3O3/c23-22(24,25)17-11-27(12-17)18-3-1-14(2-4-18)16-9-28(10-16)21(30)26-6-5-20-15(8-26)7-19(29)13-31-20/h1-4,15-17,20H,5-13H2/t15-,20+/m1/s1. The highest BCUT2D eigenvalue weighted by atomic mass is 19.4. The average Bonchev–Trinajstić information content (AvgIpc) is 2.65. The van der Waals surface area contributed by atoms with Gasteiger partial charge in [0, 0.05) is 63.2 Å². The van der Waals surface area contributed by atoms with Crippen molar-refractivity contribution in [3.8, 4) is 0 Å². The molecule has 2 amide bonds. The van der Waals surface area contributed by atoms with Gasteiger partial charge in [-0.3, -0.25) is 4.79 Å². The van der Waals surface area contributed by atoms with E-state index in [-0.39, 0.29) is 49.5 Å². The number of benzene rings is 1. The summed E-state index contributed by atoms with van der Waals surface area (Å²) in [5, 5.41) is 0. The zero-order chi connectivity index (χ0) is 21.8. The summed E-state index contributed by atoms with van der Waals surface area (Å²) in [6, 6.07) is 7.68. The first-order valence-corrected chi connectivity index (χ1v) is 10.9. The minimum atomic E-state index is -4.12. The van der Waals surface area contributed by atoms with Crippen LogP contribution in [0.3, 0.4) is 0 Å². The van der Waals surface area contributed by atoms with E-state index in [4.69, 9.17) is 4.74 Å². The van der Waals surface area contributed by atoms with E-state index >= 15 is 0 Å². The fourth-order valence-electron chi connectivity index (χ4n) is 5.05. The van der Waals surface area contributed by atoms with Crippen molar-refractivity contribution in [3.05, 3.63) is 29.8 Å². The third-order valence-corrected chi connectivity index (χ3v) is 7.11. The SMILES string of the molecule is O=C1CO[C@H]2CCN(C(=O)N3CC(c4ccc(N5CC(C(F)(F)F)C5)cc4)C3)C[C@H]2C1. The first-order chi connectivity index (χ1) is 14.8. The second kappa shape index (κ2) is 7.69. The van der Waals surface area contributed by atoms with Crippen LogP contribution in [0.4, 0.5) is 23.7 Å². The fourth-order valence-corrected chi connectivity index (χ4v) is 5.05. The molecule has 4 saturated heterocycles. The van der Waals surface area contributed by atoms with E-state index in [1.165, 1.54) is 0 Å². The Balaban J connectivity index is 1.11. The Hall–Kier alpha value is -2.29. The van der Waals surface area contributed by atoms with Crippen LogP contribution in [0.1, 0.15) is 24.3 Å². The van der Waals surface area contributed by atoms with Gasteiger partial charge in [0.15, 0.2) is 5.78 Å². The number of rotatable bonds is 2. The van der Waals surface area contributed by atoms with Crippen LogP contribution in [-0.2, 0) is 9.53 Å². The number of carbonyl (C=O) groups is 2. The van der Waals surface area contributed by atoms with Gasteiger partial charge in [0.05, 0.1) is 12.0 Å². The summed E-state index contributed by atoms with van der Waals surface area (Å²) in [7, 11) is 0. The summed E-state index contributed by atoms with van der Waals surface area (Å²) in [6.07, 6.45) is -2.77. The van der Waals surface area contributed by atoms with Gasteiger partial charge >= 0.3 is 12.2 Å². The van der Waals surface area contributed by atoms with E-state index in [1.807, 2.05) is 34.1 Å². The number of ether oxygens (including phenoxy) is 1. The van der Waals surface area contributed by atoms with Gasteiger partial charge in [0.2, 0.25) is 0 Å². The minimum Gasteiger partial charge on any atom is -0.370 e. The maximum atomic E-state index is 12.8. The summed E-state index contributed by atoms with van der Waals surface area (Å²) in [5.74, 6) is -0.784. The summed E-state index contributed by atoms with van der Waals surface area (Å²) >= 11 is 0. The van der Waals surface area contributed by atoms with Gasteiger partial charge < -0.3 is 19.4 Å². The number of piperidine rings is 1. The van der Waals surface area contributed by atoms with Crippen LogP contribution in [0.25, 0.3) is 0 Å². The van der Waals surface area contributed by atoms with Gasteiger partial charge in [0.25, 0.3) is 0 Å². The van der Waals surface area contributed by atoms with Crippen molar-refractivity contribution >= 4 is 17.5 Å². The number of carbonyl (C=O) groups excluding carboxylic acids is 2. The molecular formula is C22H26F3N3O3. The van der Waals surface area contributed by atoms with E-state index in [2.05, 4.69) is 0 Å². The molecule has 0 spiro atoms. The summed E-state index contributed by atoms with van der Waals surface area (Å²) in [6.45, 7) is 2.73. The predicted octanol–water partition coefficient (Wildman–Crippen LogP) is 2.88. The first kappa shape index (κ1) is 20.6. The van der Waals surface area contributed by atoms with E-state index in [0.717, 1.165) is 17.7 Å². The quantitative estimate of drug-likeness (QED) is 0.714. The van der Waals surface area contributed by atoms with E-state index in [1.54, 1.807) is 4.90 Å². The largest absolute Gasteiger partial charge is 0.395 e. The van der Waals surface area contributed by atoms with E-state index < -0.39 is 12.1 Å². The molecule has 1 aromatic rings. The van der Waals surface area contributed by atoms with Crippen molar-refractivity contribution in [2.45, 2.75) is 31.0 Å². The lowest BCUT2D eigenvalue weighted by Crippen LogP contribution is -2.58. The van der Waals surface area contributed by atoms with Crippen molar-refractivity contribution in [1.82, 2.24) is 9.80 Å². The lowest BCUT2D eigenvalue weighted by atomic mass is 9.87. The van der Waals surface area contributed by atoms with Crippen LogP contribution < -0.4 is 4.90 Å². The van der Waals surface area contributed by atoms with Crippen LogP contribution >= 0.6 is 0 Å². The zero-order valence-electron chi connectivity index (χ0n) is 17.2. The molecular weight excluding hydrogens is 411 g/mol. The van der Waals surface area contributed by atoms with Crippen molar-refractivity contribution < 1.29 is 27.5 Å². The van der Waals surface area contributed by atoms with Gasteiger partial charge in [-0.05, 0) is 24.1 Å². The number of likely N-dealkylation sites (tertiary alicyclic amines) is 2. The molecule has 0 unspecified atom stereocenters. The summed E-state index contributed by atoms with van der Waals surface area (Å²) in [4.78, 5) is 29.9. The van der Waals surface area contributed by atoms with Crippen molar-refractivity contribution in [2.75, 3.05) is 50.8 Å².